The summed E-state index contributed by atoms with van der Waals surface area (Å²) in [5.41, 5.74) is 6.27. The van der Waals surface area contributed by atoms with Crippen LogP contribution in [-0.2, 0) is 4.74 Å². The maximum absolute atomic E-state index is 12.0. The van der Waals surface area contributed by atoms with Gasteiger partial charge in [-0.3, -0.25) is 4.90 Å². The SMILES string of the molecule is CC(C)Oc1ccccc1N1CCC(CN)OC1=O. The third-order valence-electron chi connectivity index (χ3n) is 2.94. The Morgan fingerprint density at radius 1 is 1.47 bits per heavy atom. The lowest BCUT2D eigenvalue weighted by Crippen LogP contribution is -2.44. The van der Waals surface area contributed by atoms with Crippen LogP contribution < -0.4 is 15.4 Å². The van der Waals surface area contributed by atoms with Crippen molar-refractivity contribution in [3.8, 4) is 5.75 Å². The molecule has 1 saturated heterocycles. The van der Waals surface area contributed by atoms with E-state index >= 15 is 0 Å². The molecular weight excluding hydrogens is 244 g/mol. The normalized spacial score (nSPS) is 19.5. The minimum Gasteiger partial charge on any atom is -0.489 e. The fourth-order valence-electron chi connectivity index (χ4n) is 2.05. The average molecular weight is 264 g/mol. The van der Waals surface area contributed by atoms with Crippen molar-refractivity contribution in [3.63, 3.8) is 0 Å². The first-order valence-corrected chi connectivity index (χ1v) is 6.55. The van der Waals surface area contributed by atoms with Crippen LogP contribution in [0.1, 0.15) is 20.3 Å². The lowest BCUT2D eigenvalue weighted by molar-refractivity contribution is 0.0884. The number of hydrogen-bond donors (Lipinski definition) is 1. The van der Waals surface area contributed by atoms with E-state index in [2.05, 4.69) is 0 Å². The maximum Gasteiger partial charge on any atom is 0.414 e. The van der Waals surface area contributed by atoms with Crippen LogP contribution in [0.15, 0.2) is 24.3 Å². The van der Waals surface area contributed by atoms with Gasteiger partial charge in [0, 0.05) is 19.5 Å². The van der Waals surface area contributed by atoms with E-state index < -0.39 is 0 Å². The lowest BCUT2D eigenvalue weighted by Gasteiger charge is -2.32. The zero-order valence-corrected chi connectivity index (χ0v) is 11.3. The van der Waals surface area contributed by atoms with Crippen molar-refractivity contribution in [1.29, 1.82) is 0 Å². The summed E-state index contributed by atoms with van der Waals surface area (Å²) in [7, 11) is 0. The molecule has 0 saturated carbocycles. The first-order chi connectivity index (χ1) is 9.11. The van der Waals surface area contributed by atoms with Crippen LogP contribution in [0, 0.1) is 0 Å². The minimum absolute atomic E-state index is 0.0544. The molecule has 1 atom stereocenters. The summed E-state index contributed by atoms with van der Waals surface area (Å²) in [4.78, 5) is 13.6. The van der Waals surface area contributed by atoms with Gasteiger partial charge in [-0.25, -0.2) is 4.79 Å². The molecule has 0 aromatic heterocycles. The molecule has 1 aliphatic rings. The Morgan fingerprint density at radius 3 is 2.84 bits per heavy atom. The summed E-state index contributed by atoms with van der Waals surface area (Å²) in [5, 5.41) is 0. The van der Waals surface area contributed by atoms with Crippen molar-refractivity contribution in [2.45, 2.75) is 32.5 Å². The highest BCUT2D eigenvalue weighted by Crippen LogP contribution is 2.31. The number of hydrogen-bond acceptors (Lipinski definition) is 4. The monoisotopic (exact) mass is 264 g/mol. The number of carbonyl (C=O) groups excluding carboxylic acids is 1. The van der Waals surface area contributed by atoms with E-state index in [1.807, 2.05) is 38.1 Å². The van der Waals surface area contributed by atoms with Gasteiger partial charge in [0.25, 0.3) is 0 Å². The molecule has 104 valence electrons. The fraction of sp³-hybridized carbons (Fsp3) is 0.500. The van der Waals surface area contributed by atoms with E-state index in [4.69, 9.17) is 15.2 Å². The van der Waals surface area contributed by atoms with Crippen molar-refractivity contribution >= 4 is 11.8 Å². The van der Waals surface area contributed by atoms with E-state index in [1.54, 1.807) is 4.90 Å². The number of ether oxygens (including phenoxy) is 2. The molecule has 5 nitrogen and oxygen atoms in total. The summed E-state index contributed by atoms with van der Waals surface area (Å²) in [6, 6.07) is 7.49. The molecule has 0 bridgehead atoms. The Kier molecular flexibility index (Phi) is 4.27. The Labute approximate surface area is 113 Å². The second-order valence-electron chi connectivity index (χ2n) is 4.82. The molecule has 1 heterocycles. The number of carbonyl (C=O) groups is 1. The van der Waals surface area contributed by atoms with Gasteiger partial charge in [0.15, 0.2) is 0 Å². The highest BCUT2D eigenvalue weighted by atomic mass is 16.6. The summed E-state index contributed by atoms with van der Waals surface area (Å²) in [6.07, 6.45) is 0.250. The summed E-state index contributed by atoms with van der Waals surface area (Å²) < 4.78 is 11.0. The highest BCUT2D eigenvalue weighted by molar-refractivity contribution is 5.90. The van der Waals surface area contributed by atoms with Crippen LogP contribution in [0.4, 0.5) is 10.5 Å². The largest absolute Gasteiger partial charge is 0.489 e. The van der Waals surface area contributed by atoms with Gasteiger partial charge in [-0.05, 0) is 26.0 Å². The number of nitrogens with two attached hydrogens (primary N) is 1. The summed E-state index contributed by atoms with van der Waals surface area (Å²) in [5.74, 6) is 0.695. The molecule has 1 aliphatic heterocycles. The molecule has 5 heteroatoms. The number of benzene rings is 1. The van der Waals surface area contributed by atoms with E-state index in [9.17, 15) is 4.79 Å². The average Bonchev–Trinajstić information content (AvgIpc) is 2.39. The quantitative estimate of drug-likeness (QED) is 0.905. The van der Waals surface area contributed by atoms with E-state index in [0.717, 1.165) is 12.1 Å². The van der Waals surface area contributed by atoms with Gasteiger partial charge in [0.05, 0.1) is 11.8 Å². The Balaban J connectivity index is 2.20. The predicted octanol–water partition coefficient (Wildman–Crippen LogP) is 2.15. The van der Waals surface area contributed by atoms with Crippen molar-refractivity contribution in [2.24, 2.45) is 5.73 Å². The van der Waals surface area contributed by atoms with Crippen LogP contribution in [0.3, 0.4) is 0 Å². The van der Waals surface area contributed by atoms with E-state index in [0.29, 0.717) is 18.8 Å². The number of rotatable bonds is 4. The van der Waals surface area contributed by atoms with Gasteiger partial charge in [0.2, 0.25) is 0 Å². The molecule has 2 rings (SSSR count). The molecule has 0 radical (unpaired) electrons. The summed E-state index contributed by atoms with van der Waals surface area (Å²) in [6.45, 7) is 4.87. The smallest absolute Gasteiger partial charge is 0.414 e. The van der Waals surface area contributed by atoms with Gasteiger partial charge < -0.3 is 15.2 Å². The maximum atomic E-state index is 12.0. The third-order valence-corrected chi connectivity index (χ3v) is 2.94. The Morgan fingerprint density at radius 2 is 2.21 bits per heavy atom. The molecule has 0 aliphatic carbocycles. The fourth-order valence-corrected chi connectivity index (χ4v) is 2.05. The Bertz CT molecular complexity index is 448. The zero-order chi connectivity index (χ0) is 13.8. The molecule has 1 fully saturated rings. The molecule has 1 aromatic carbocycles. The van der Waals surface area contributed by atoms with Gasteiger partial charge in [-0.1, -0.05) is 12.1 Å². The third kappa shape index (κ3) is 3.17. The second-order valence-corrected chi connectivity index (χ2v) is 4.82. The lowest BCUT2D eigenvalue weighted by atomic mass is 10.2. The van der Waals surface area contributed by atoms with Gasteiger partial charge >= 0.3 is 6.09 Å². The van der Waals surface area contributed by atoms with Gasteiger partial charge in [-0.15, -0.1) is 0 Å². The van der Waals surface area contributed by atoms with Crippen LogP contribution >= 0.6 is 0 Å². The number of amides is 1. The number of nitrogens with zero attached hydrogens (tertiary/aromatic N) is 1. The van der Waals surface area contributed by atoms with Crippen molar-refractivity contribution in [2.75, 3.05) is 18.0 Å². The molecule has 1 amide bonds. The van der Waals surface area contributed by atoms with Gasteiger partial charge in [-0.2, -0.15) is 0 Å². The topological polar surface area (TPSA) is 64.8 Å². The number of para-hydroxylation sites is 2. The molecular formula is C14H20N2O3. The van der Waals surface area contributed by atoms with E-state index in [1.165, 1.54) is 0 Å². The number of cyclic esters (lactones) is 1. The van der Waals surface area contributed by atoms with Crippen molar-refractivity contribution < 1.29 is 14.3 Å². The first kappa shape index (κ1) is 13.7. The molecule has 1 unspecified atom stereocenters. The molecule has 2 N–H and O–H groups in total. The number of anilines is 1. The van der Waals surface area contributed by atoms with Crippen LogP contribution in [-0.4, -0.2) is 31.4 Å². The minimum atomic E-state index is -0.360. The zero-order valence-electron chi connectivity index (χ0n) is 11.3. The molecule has 19 heavy (non-hydrogen) atoms. The van der Waals surface area contributed by atoms with Crippen LogP contribution in [0.2, 0.25) is 0 Å². The highest BCUT2D eigenvalue weighted by Gasteiger charge is 2.29. The van der Waals surface area contributed by atoms with Crippen LogP contribution in [0.5, 0.6) is 5.75 Å². The van der Waals surface area contributed by atoms with E-state index in [-0.39, 0.29) is 18.3 Å². The van der Waals surface area contributed by atoms with Crippen molar-refractivity contribution in [1.82, 2.24) is 0 Å². The Hall–Kier alpha value is -1.75. The van der Waals surface area contributed by atoms with Crippen LogP contribution in [0.25, 0.3) is 0 Å². The standard InChI is InChI=1S/C14H20N2O3/c1-10(2)18-13-6-4-3-5-12(13)16-8-7-11(9-15)19-14(16)17/h3-6,10-11H,7-9,15H2,1-2H3. The second kappa shape index (κ2) is 5.93. The molecule has 0 spiro atoms. The molecule has 1 aromatic rings. The predicted molar refractivity (Wildman–Crippen MR) is 73.5 cm³/mol. The summed E-state index contributed by atoms with van der Waals surface area (Å²) >= 11 is 0. The van der Waals surface area contributed by atoms with Gasteiger partial charge in [0.1, 0.15) is 11.9 Å². The first-order valence-electron chi connectivity index (χ1n) is 6.55. The van der Waals surface area contributed by atoms with Crippen molar-refractivity contribution in [3.05, 3.63) is 24.3 Å².